The second kappa shape index (κ2) is 9.61. The molecule has 1 saturated heterocycles. The van der Waals surface area contributed by atoms with E-state index >= 15 is 0 Å². The summed E-state index contributed by atoms with van der Waals surface area (Å²) in [7, 11) is 1.66. The van der Waals surface area contributed by atoms with Crippen molar-refractivity contribution in [3.63, 3.8) is 0 Å². The highest BCUT2D eigenvalue weighted by atomic mass is 16.5. The van der Waals surface area contributed by atoms with Gasteiger partial charge in [-0.1, -0.05) is 78.9 Å². The number of carbonyl (C=O) groups is 1. The van der Waals surface area contributed by atoms with E-state index in [1.54, 1.807) is 7.11 Å². The Bertz CT molecular complexity index is 994. The van der Waals surface area contributed by atoms with Gasteiger partial charge in [-0.05, 0) is 17.2 Å². The van der Waals surface area contributed by atoms with Crippen molar-refractivity contribution in [3.05, 3.63) is 102 Å². The molecule has 1 fully saturated rings. The second-order valence-corrected chi connectivity index (χ2v) is 8.00. The zero-order valence-electron chi connectivity index (χ0n) is 17.8. The molecule has 4 nitrogen and oxygen atoms in total. The quantitative estimate of drug-likeness (QED) is 0.461. The van der Waals surface area contributed by atoms with Crippen LogP contribution in [0.1, 0.15) is 29.0 Å². The van der Waals surface area contributed by atoms with Crippen molar-refractivity contribution in [2.75, 3.05) is 20.2 Å². The molecule has 0 aliphatic carbocycles. The predicted molar refractivity (Wildman–Crippen MR) is 124 cm³/mol. The average Bonchev–Trinajstić information content (AvgIpc) is 2.82. The Labute approximate surface area is 184 Å². The van der Waals surface area contributed by atoms with Crippen LogP contribution in [0.2, 0.25) is 0 Å². The summed E-state index contributed by atoms with van der Waals surface area (Å²) in [6.07, 6.45) is 0.960. The third kappa shape index (κ3) is 4.69. The van der Waals surface area contributed by atoms with Gasteiger partial charge in [0.2, 0.25) is 0 Å². The molecule has 1 heterocycles. The summed E-state index contributed by atoms with van der Waals surface area (Å²) >= 11 is 0. The number of amidine groups is 1. The lowest BCUT2D eigenvalue weighted by molar-refractivity contribution is -0.125. The monoisotopic (exact) mass is 412 g/mol. The molecule has 1 aliphatic heterocycles. The molecule has 1 N–H and O–H groups in total. The van der Waals surface area contributed by atoms with Crippen LogP contribution in [0.25, 0.3) is 0 Å². The normalized spacial score (nSPS) is 16.4. The minimum Gasteiger partial charge on any atom is -0.496 e. The van der Waals surface area contributed by atoms with Crippen LogP contribution in [0.5, 0.6) is 5.75 Å². The number of benzene rings is 3. The summed E-state index contributed by atoms with van der Waals surface area (Å²) in [5.41, 5.74) is 3.28. The fourth-order valence-electron chi connectivity index (χ4n) is 4.52. The molecule has 31 heavy (non-hydrogen) atoms. The molecule has 1 unspecified atom stereocenters. The van der Waals surface area contributed by atoms with Crippen molar-refractivity contribution in [3.8, 4) is 5.75 Å². The number of rotatable bonds is 6. The number of piperidine rings is 1. The maximum Gasteiger partial charge on any atom is 0.140 e. The molecule has 0 amide bonds. The molecular formula is C27H28N2O2. The number of hydrogen-bond acceptors (Lipinski definition) is 3. The van der Waals surface area contributed by atoms with Gasteiger partial charge in [-0.15, -0.1) is 0 Å². The number of ketones is 1. The van der Waals surface area contributed by atoms with Crippen LogP contribution in [0.3, 0.4) is 0 Å². The molecule has 3 aromatic carbocycles. The standard InChI is InChI=1S/C27H28N2O2/c1-31-25-15-9-8-14-22(25)18-26(28)29-17-16-24(30)23(19-29)27(20-10-4-2-5-11-20)21-12-6-3-7-13-21/h2-15,23,27-28H,16-19H2,1H3. The molecule has 158 valence electrons. The van der Waals surface area contributed by atoms with E-state index < -0.39 is 0 Å². The van der Waals surface area contributed by atoms with E-state index in [2.05, 4.69) is 29.2 Å². The maximum absolute atomic E-state index is 13.1. The second-order valence-electron chi connectivity index (χ2n) is 8.00. The van der Waals surface area contributed by atoms with Crippen LogP contribution < -0.4 is 4.74 Å². The maximum atomic E-state index is 13.1. The number of likely N-dealkylation sites (tertiary alicyclic amines) is 1. The molecule has 1 aliphatic rings. The van der Waals surface area contributed by atoms with E-state index in [1.807, 2.05) is 60.7 Å². The van der Waals surface area contributed by atoms with E-state index in [-0.39, 0.29) is 17.6 Å². The smallest absolute Gasteiger partial charge is 0.140 e. The Kier molecular flexibility index (Phi) is 6.46. The number of nitrogens with one attached hydrogen (secondary N) is 1. The molecule has 3 aromatic rings. The van der Waals surface area contributed by atoms with Crippen LogP contribution in [0.4, 0.5) is 0 Å². The zero-order chi connectivity index (χ0) is 21.6. The number of methoxy groups -OCH3 is 1. The van der Waals surface area contributed by atoms with Crippen molar-refractivity contribution >= 4 is 11.6 Å². The lowest BCUT2D eigenvalue weighted by atomic mass is 9.76. The van der Waals surface area contributed by atoms with Crippen LogP contribution >= 0.6 is 0 Å². The minimum absolute atomic E-state index is 0.0169. The first-order chi connectivity index (χ1) is 15.2. The van der Waals surface area contributed by atoms with Crippen molar-refractivity contribution in [2.24, 2.45) is 5.92 Å². The Hall–Kier alpha value is -3.40. The Morgan fingerprint density at radius 3 is 2.16 bits per heavy atom. The number of hydrogen-bond donors (Lipinski definition) is 1. The van der Waals surface area contributed by atoms with Crippen LogP contribution in [-0.4, -0.2) is 36.7 Å². The van der Waals surface area contributed by atoms with Gasteiger partial charge < -0.3 is 9.64 Å². The lowest BCUT2D eigenvalue weighted by Crippen LogP contribution is -2.46. The van der Waals surface area contributed by atoms with Crippen LogP contribution in [-0.2, 0) is 11.2 Å². The van der Waals surface area contributed by atoms with Gasteiger partial charge in [0.05, 0.1) is 7.11 Å². The molecule has 1 atom stereocenters. The summed E-state index contributed by atoms with van der Waals surface area (Å²) in [4.78, 5) is 15.2. The van der Waals surface area contributed by atoms with Crippen LogP contribution in [0, 0.1) is 11.3 Å². The predicted octanol–water partition coefficient (Wildman–Crippen LogP) is 4.94. The number of carbonyl (C=O) groups excluding carboxylic acids is 1. The molecule has 0 bridgehead atoms. The third-order valence-corrected chi connectivity index (χ3v) is 6.11. The molecule has 0 spiro atoms. The van der Waals surface area contributed by atoms with E-state index in [0.717, 1.165) is 22.4 Å². The molecule has 0 saturated carbocycles. The van der Waals surface area contributed by atoms with Gasteiger partial charge in [0, 0.05) is 43.3 Å². The Morgan fingerprint density at radius 2 is 1.55 bits per heavy atom. The number of para-hydroxylation sites is 1. The van der Waals surface area contributed by atoms with Gasteiger partial charge >= 0.3 is 0 Å². The highest BCUT2D eigenvalue weighted by Gasteiger charge is 2.36. The van der Waals surface area contributed by atoms with Crippen molar-refractivity contribution in [1.82, 2.24) is 4.90 Å². The molecular weight excluding hydrogens is 384 g/mol. The Balaban J connectivity index is 1.59. The van der Waals surface area contributed by atoms with Crippen molar-refractivity contribution < 1.29 is 9.53 Å². The first-order valence-corrected chi connectivity index (χ1v) is 10.7. The average molecular weight is 413 g/mol. The summed E-state index contributed by atoms with van der Waals surface area (Å²) in [5, 5.41) is 8.76. The van der Waals surface area contributed by atoms with Gasteiger partial charge in [-0.3, -0.25) is 10.2 Å². The molecule has 4 heteroatoms. The summed E-state index contributed by atoms with van der Waals surface area (Å²) < 4.78 is 5.46. The highest BCUT2D eigenvalue weighted by Crippen LogP contribution is 2.36. The largest absolute Gasteiger partial charge is 0.496 e. The van der Waals surface area contributed by atoms with Gasteiger partial charge in [0.15, 0.2) is 0 Å². The van der Waals surface area contributed by atoms with E-state index in [1.165, 1.54) is 0 Å². The summed E-state index contributed by atoms with van der Waals surface area (Å²) in [6, 6.07) is 28.3. The number of Topliss-reactive ketones (excluding diaryl/α,β-unsaturated/α-hetero) is 1. The SMILES string of the molecule is COc1ccccc1CC(=N)N1CCC(=O)C(C(c2ccccc2)c2ccccc2)C1. The first kappa shape index (κ1) is 20.9. The van der Waals surface area contributed by atoms with Gasteiger partial charge in [0.1, 0.15) is 17.4 Å². The fourth-order valence-corrected chi connectivity index (χ4v) is 4.52. The molecule has 0 radical (unpaired) electrons. The van der Waals surface area contributed by atoms with E-state index in [0.29, 0.717) is 31.8 Å². The van der Waals surface area contributed by atoms with Crippen LogP contribution in [0.15, 0.2) is 84.9 Å². The zero-order valence-corrected chi connectivity index (χ0v) is 17.8. The number of ether oxygens (including phenoxy) is 1. The Morgan fingerprint density at radius 1 is 0.968 bits per heavy atom. The topological polar surface area (TPSA) is 53.4 Å². The van der Waals surface area contributed by atoms with Gasteiger partial charge in [0.25, 0.3) is 0 Å². The van der Waals surface area contributed by atoms with E-state index in [4.69, 9.17) is 10.1 Å². The molecule has 4 rings (SSSR count). The minimum atomic E-state index is -0.184. The highest BCUT2D eigenvalue weighted by molar-refractivity contribution is 5.88. The lowest BCUT2D eigenvalue weighted by Gasteiger charge is -2.38. The summed E-state index contributed by atoms with van der Waals surface area (Å²) in [6.45, 7) is 1.15. The van der Waals surface area contributed by atoms with E-state index in [9.17, 15) is 4.79 Å². The summed E-state index contributed by atoms with van der Waals surface area (Å²) in [5.74, 6) is 1.40. The number of nitrogens with zero attached hydrogens (tertiary/aromatic N) is 1. The first-order valence-electron chi connectivity index (χ1n) is 10.7. The van der Waals surface area contributed by atoms with Gasteiger partial charge in [-0.2, -0.15) is 0 Å². The van der Waals surface area contributed by atoms with Crippen molar-refractivity contribution in [1.29, 1.82) is 5.41 Å². The fraction of sp³-hybridized carbons (Fsp3) is 0.259. The molecule has 0 aromatic heterocycles. The van der Waals surface area contributed by atoms with Crippen molar-refractivity contribution in [2.45, 2.75) is 18.8 Å². The third-order valence-electron chi connectivity index (χ3n) is 6.11. The van der Waals surface area contributed by atoms with Gasteiger partial charge in [-0.25, -0.2) is 0 Å².